The second kappa shape index (κ2) is 6.98. The molecule has 100 valence electrons. The van der Waals surface area contributed by atoms with E-state index in [-0.39, 0.29) is 30.4 Å². The summed E-state index contributed by atoms with van der Waals surface area (Å²) in [7, 11) is 0. The number of aliphatic hydroxyl groups is 1. The van der Waals surface area contributed by atoms with E-state index in [1.54, 1.807) is 0 Å². The molecule has 3 N–H and O–H groups in total. The van der Waals surface area contributed by atoms with Crippen LogP contribution in [0.2, 0.25) is 0 Å². The van der Waals surface area contributed by atoms with Gasteiger partial charge in [0.15, 0.2) is 17.3 Å². The Labute approximate surface area is 106 Å². The molecule has 0 spiro atoms. The molecule has 0 aromatic heterocycles. The van der Waals surface area contributed by atoms with E-state index >= 15 is 0 Å². The molecule has 18 heavy (non-hydrogen) atoms. The fraction of sp³-hybridized carbons (Fsp3) is 0.462. The highest BCUT2D eigenvalue weighted by molar-refractivity contribution is 5.98. The average Bonchev–Trinajstić information content (AvgIpc) is 2.33. The predicted octanol–water partition coefficient (Wildman–Crippen LogP) is 0.985. The zero-order valence-electron chi connectivity index (χ0n) is 10.5. The largest absolute Gasteiger partial charge is 0.504 e. The molecule has 5 heteroatoms. The van der Waals surface area contributed by atoms with Crippen LogP contribution in [0.1, 0.15) is 23.7 Å². The molecule has 1 rings (SSSR count). The van der Waals surface area contributed by atoms with Gasteiger partial charge in [-0.2, -0.15) is 0 Å². The van der Waals surface area contributed by atoms with Crippen molar-refractivity contribution in [3.63, 3.8) is 0 Å². The van der Waals surface area contributed by atoms with Crippen LogP contribution in [0.3, 0.4) is 0 Å². The van der Waals surface area contributed by atoms with E-state index < -0.39 is 0 Å². The highest BCUT2D eigenvalue weighted by Crippen LogP contribution is 2.25. The minimum Gasteiger partial charge on any atom is -0.504 e. The Morgan fingerprint density at radius 2 is 1.94 bits per heavy atom. The number of ketones is 1. The van der Waals surface area contributed by atoms with Crippen molar-refractivity contribution < 1.29 is 20.1 Å². The summed E-state index contributed by atoms with van der Waals surface area (Å²) >= 11 is 0. The molecule has 0 radical (unpaired) electrons. The number of aliphatic hydroxyl groups excluding tert-OH is 1. The molecule has 0 saturated carbocycles. The number of benzene rings is 1. The molecule has 0 fully saturated rings. The third-order valence-electron chi connectivity index (χ3n) is 2.62. The van der Waals surface area contributed by atoms with Gasteiger partial charge in [-0.1, -0.05) is 6.92 Å². The Kier molecular flexibility index (Phi) is 5.61. The molecule has 0 heterocycles. The number of carbonyl (C=O) groups excluding carboxylic acids is 1. The Hall–Kier alpha value is -1.59. The smallest absolute Gasteiger partial charge is 0.176 e. The summed E-state index contributed by atoms with van der Waals surface area (Å²) < 4.78 is 0. The van der Waals surface area contributed by atoms with Crippen LogP contribution < -0.4 is 0 Å². The van der Waals surface area contributed by atoms with Gasteiger partial charge in [-0.3, -0.25) is 9.69 Å². The highest BCUT2D eigenvalue weighted by Gasteiger charge is 2.13. The van der Waals surface area contributed by atoms with Crippen molar-refractivity contribution in [2.45, 2.75) is 13.3 Å². The van der Waals surface area contributed by atoms with E-state index in [1.807, 2.05) is 11.8 Å². The number of aromatic hydroxyl groups is 2. The molecule has 0 atom stereocenters. The van der Waals surface area contributed by atoms with Gasteiger partial charge >= 0.3 is 0 Å². The van der Waals surface area contributed by atoms with Gasteiger partial charge < -0.3 is 15.3 Å². The summed E-state index contributed by atoms with van der Waals surface area (Å²) in [6, 6.07) is 4.01. The fourth-order valence-electron chi connectivity index (χ4n) is 1.72. The van der Waals surface area contributed by atoms with Crippen LogP contribution in [-0.4, -0.2) is 52.2 Å². The highest BCUT2D eigenvalue weighted by atomic mass is 16.3. The molecule has 0 aliphatic carbocycles. The first-order valence-corrected chi connectivity index (χ1v) is 5.96. The average molecular weight is 253 g/mol. The standard InChI is InChI=1S/C13H19NO4/c1-2-5-14(6-7-15)9-13(18)10-3-4-11(16)12(17)8-10/h3-4,8,15-17H,2,5-7,9H2,1H3. The van der Waals surface area contributed by atoms with Gasteiger partial charge in [0.05, 0.1) is 13.2 Å². The third-order valence-corrected chi connectivity index (χ3v) is 2.62. The summed E-state index contributed by atoms with van der Waals surface area (Å²) in [4.78, 5) is 13.8. The maximum Gasteiger partial charge on any atom is 0.176 e. The fourth-order valence-corrected chi connectivity index (χ4v) is 1.72. The number of rotatable bonds is 7. The number of carbonyl (C=O) groups is 1. The van der Waals surface area contributed by atoms with E-state index in [0.29, 0.717) is 12.1 Å². The molecule has 0 bridgehead atoms. The van der Waals surface area contributed by atoms with Crippen molar-refractivity contribution in [2.75, 3.05) is 26.2 Å². The molecule has 5 nitrogen and oxygen atoms in total. The molecule has 0 amide bonds. The van der Waals surface area contributed by atoms with Crippen LogP contribution in [0, 0.1) is 0 Å². The molecule has 0 aliphatic rings. The zero-order valence-corrected chi connectivity index (χ0v) is 10.5. The monoisotopic (exact) mass is 253 g/mol. The molecule has 1 aromatic carbocycles. The minimum atomic E-state index is -0.301. The quantitative estimate of drug-likeness (QED) is 0.498. The Morgan fingerprint density at radius 3 is 2.50 bits per heavy atom. The summed E-state index contributed by atoms with van der Waals surface area (Å²) in [5.41, 5.74) is 0.351. The lowest BCUT2D eigenvalue weighted by Gasteiger charge is -2.19. The molecular weight excluding hydrogens is 234 g/mol. The van der Waals surface area contributed by atoms with Crippen LogP contribution in [0.5, 0.6) is 11.5 Å². The van der Waals surface area contributed by atoms with Crippen molar-refractivity contribution in [1.82, 2.24) is 4.90 Å². The molecular formula is C13H19NO4. The number of nitrogens with zero attached hydrogens (tertiary/aromatic N) is 1. The van der Waals surface area contributed by atoms with Crippen LogP contribution >= 0.6 is 0 Å². The summed E-state index contributed by atoms with van der Waals surface area (Å²) in [5.74, 6) is -0.690. The first-order valence-electron chi connectivity index (χ1n) is 5.96. The number of phenols is 2. The maximum atomic E-state index is 12.0. The molecule has 0 unspecified atom stereocenters. The predicted molar refractivity (Wildman–Crippen MR) is 67.9 cm³/mol. The van der Waals surface area contributed by atoms with Crippen LogP contribution in [0.4, 0.5) is 0 Å². The van der Waals surface area contributed by atoms with Gasteiger partial charge in [-0.05, 0) is 31.2 Å². The summed E-state index contributed by atoms with van der Waals surface area (Å²) in [6.07, 6.45) is 0.897. The lowest BCUT2D eigenvalue weighted by Crippen LogP contribution is -2.33. The van der Waals surface area contributed by atoms with Gasteiger partial charge in [0.1, 0.15) is 0 Å². The first-order chi connectivity index (χ1) is 8.58. The molecule has 1 aromatic rings. The van der Waals surface area contributed by atoms with Gasteiger partial charge in [-0.15, -0.1) is 0 Å². The Morgan fingerprint density at radius 1 is 1.22 bits per heavy atom. The van der Waals surface area contributed by atoms with Gasteiger partial charge in [0.2, 0.25) is 0 Å². The van der Waals surface area contributed by atoms with E-state index in [9.17, 15) is 15.0 Å². The Bertz CT molecular complexity index is 400. The van der Waals surface area contributed by atoms with Crippen molar-refractivity contribution in [2.24, 2.45) is 0 Å². The molecule has 0 saturated heterocycles. The summed E-state index contributed by atoms with van der Waals surface area (Å²) in [6.45, 7) is 3.38. The van der Waals surface area contributed by atoms with Crippen molar-refractivity contribution in [3.8, 4) is 11.5 Å². The van der Waals surface area contributed by atoms with E-state index in [2.05, 4.69) is 0 Å². The van der Waals surface area contributed by atoms with E-state index in [0.717, 1.165) is 13.0 Å². The normalized spacial score (nSPS) is 10.8. The number of hydrogen-bond donors (Lipinski definition) is 3. The van der Waals surface area contributed by atoms with Crippen molar-refractivity contribution in [1.29, 1.82) is 0 Å². The Balaban J connectivity index is 2.70. The number of hydrogen-bond acceptors (Lipinski definition) is 5. The van der Waals surface area contributed by atoms with Crippen molar-refractivity contribution in [3.05, 3.63) is 23.8 Å². The minimum absolute atomic E-state index is 0.00804. The van der Waals surface area contributed by atoms with Gasteiger partial charge in [-0.25, -0.2) is 0 Å². The zero-order chi connectivity index (χ0) is 13.5. The van der Waals surface area contributed by atoms with E-state index in [4.69, 9.17) is 5.11 Å². The lowest BCUT2D eigenvalue weighted by molar-refractivity contribution is 0.0914. The van der Waals surface area contributed by atoms with Gasteiger partial charge in [0.25, 0.3) is 0 Å². The van der Waals surface area contributed by atoms with Crippen LogP contribution in [0.15, 0.2) is 18.2 Å². The number of phenolic OH excluding ortho intramolecular Hbond substituents is 2. The van der Waals surface area contributed by atoms with Crippen LogP contribution in [0.25, 0.3) is 0 Å². The SMILES string of the molecule is CCCN(CCO)CC(=O)c1ccc(O)c(O)c1. The third kappa shape index (κ3) is 4.01. The van der Waals surface area contributed by atoms with Crippen molar-refractivity contribution >= 4 is 5.78 Å². The second-order valence-electron chi connectivity index (χ2n) is 4.13. The first kappa shape index (κ1) is 14.5. The van der Waals surface area contributed by atoms with Gasteiger partial charge in [0, 0.05) is 12.1 Å². The second-order valence-corrected chi connectivity index (χ2v) is 4.13. The topological polar surface area (TPSA) is 81.0 Å². The van der Waals surface area contributed by atoms with E-state index in [1.165, 1.54) is 18.2 Å². The summed E-state index contributed by atoms with van der Waals surface area (Å²) in [5, 5.41) is 27.4. The maximum absolute atomic E-state index is 12.0. The number of Topliss-reactive ketones (excluding diaryl/α,β-unsaturated/α-hetero) is 1. The molecule has 0 aliphatic heterocycles. The van der Waals surface area contributed by atoms with Crippen LogP contribution in [-0.2, 0) is 0 Å². The lowest BCUT2D eigenvalue weighted by atomic mass is 10.1.